The van der Waals surface area contributed by atoms with E-state index < -0.39 is 0 Å². The zero-order chi connectivity index (χ0) is 11.4. The van der Waals surface area contributed by atoms with Gasteiger partial charge in [0.25, 0.3) is 0 Å². The molecule has 0 amide bonds. The number of nitrogens with two attached hydrogens (primary N) is 1. The minimum absolute atomic E-state index is 0.528. The predicted molar refractivity (Wildman–Crippen MR) is 68.7 cm³/mol. The molecule has 0 heterocycles. The molecule has 0 atom stereocenters. The Morgan fingerprint density at radius 1 is 1.50 bits per heavy atom. The minimum atomic E-state index is 0.528. The molecular weight excluding hydrogens is 198 g/mol. The van der Waals surface area contributed by atoms with Crippen LogP contribution >= 0.6 is 0 Å². The summed E-state index contributed by atoms with van der Waals surface area (Å²) < 4.78 is 0. The van der Waals surface area contributed by atoms with E-state index in [2.05, 4.69) is 29.4 Å². The quantitative estimate of drug-likeness (QED) is 0.601. The Hall–Kier alpha value is -1.51. The van der Waals surface area contributed by atoms with E-state index in [1.165, 1.54) is 18.4 Å². The molecule has 1 aromatic carbocycles. The fourth-order valence-corrected chi connectivity index (χ4v) is 1.58. The van der Waals surface area contributed by atoms with Gasteiger partial charge in [0.2, 0.25) is 0 Å². The van der Waals surface area contributed by atoms with Crippen LogP contribution in [0.3, 0.4) is 0 Å². The highest BCUT2D eigenvalue weighted by atomic mass is 15.1. The van der Waals surface area contributed by atoms with E-state index in [-0.39, 0.29) is 0 Å². The van der Waals surface area contributed by atoms with Crippen LogP contribution < -0.4 is 11.1 Å². The van der Waals surface area contributed by atoms with E-state index in [1.54, 1.807) is 0 Å². The summed E-state index contributed by atoms with van der Waals surface area (Å²) in [6, 6.07) is 8.27. The molecule has 0 aliphatic heterocycles. The van der Waals surface area contributed by atoms with Crippen LogP contribution in [0.2, 0.25) is 0 Å². The average Bonchev–Trinajstić information content (AvgIpc) is 3.10. The van der Waals surface area contributed by atoms with Crippen molar-refractivity contribution in [2.75, 3.05) is 11.9 Å². The number of benzene rings is 1. The first-order valence-electron chi connectivity index (χ1n) is 5.94. The van der Waals surface area contributed by atoms with Gasteiger partial charge >= 0.3 is 0 Å². The molecule has 0 saturated heterocycles. The molecule has 3 N–H and O–H groups in total. The van der Waals surface area contributed by atoms with Gasteiger partial charge < -0.3 is 11.1 Å². The average molecular weight is 217 g/mol. The third-order valence-corrected chi connectivity index (χ3v) is 2.82. The first-order chi connectivity index (χ1) is 7.78. The van der Waals surface area contributed by atoms with Crippen LogP contribution in [-0.4, -0.2) is 12.5 Å². The van der Waals surface area contributed by atoms with Crippen LogP contribution in [-0.2, 0) is 6.42 Å². The number of hydrogen-bond donors (Lipinski definition) is 2. The van der Waals surface area contributed by atoms with Crippen LogP contribution in [0, 0.1) is 5.92 Å². The first kappa shape index (κ1) is 11.0. The van der Waals surface area contributed by atoms with Crippen molar-refractivity contribution in [2.45, 2.75) is 26.2 Å². The van der Waals surface area contributed by atoms with Crippen molar-refractivity contribution in [3.8, 4) is 0 Å². The lowest BCUT2D eigenvalue weighted by atomic mass is 10.1. The molecule has 1 aromatic rings. The van der Waals surface area contributed by atoms with Gasteiger partial charge in [-0.05, 0) is 42.9 Å². The molecule has 0 radical (unpaired) electrons. The van der Waals surface area contributed by atoms with Gasteiger partial charge in [0.15, 0.2) is 5.96 Å². The van der Waals surface area contributed by atoms with E-state index >= 15 is 0 Å². The Labute approximate surface area is 96.8 Å². The maximum Gasteiger partial charge on any atom is 0.193 e. The lowest BCUT2D eigenvalue weighted by Crippen LogP contribution is -2.23. The van der Waals surface area contributed by atoms with E-state index in [1.807, 2.05) is 12.1 Å². The van der Waals surface area contributed by atoms with Gasteiger partial charge in [0.05, 0.1) is 0 Å². The summed E-state index contributed by atoms with van der Waals surface area (Å²) in [6.07, 6.45) is 3.65. The maximum absolute atomic E-state index is 5.81. The SMILES string of the molecule is CCc1cccc(NC(N)=NCC2CC2)c1. The zero-order valence-electron chi connectivity index (χ0n) is 9.74. The lowest BCUT2D eigenvalue weighted by molar-refractivity contribution is 0.846. The molecule has 86 valence electrons. The Balaban J connectivity index is 1.93. The molecule has 2 rings (SSSR count). The molecular formula is C13H19N3. The Morgan fingerprint density at radius 2 is 2.31 bits per heavy atom. The Kier molecular flexibility index (Phi) is 3.44. The Bertz CT molecular complexity index is 381. The van der Waals surface area contributed by atoms with Gasteiger partial charge in [-0.25, -0.2) is 0 Å². The van der Waals surface area contributed by atoms with Crippen LogP contribution in [0.1, 0.15) is 25.3 Å². The molecule has 0 aromatic heterocycles. The predicted octanol–water partition coefficient (Wildman–Crippen LogP) is 2.39. The highest BCUT2D eigenvalue weighted by Gasteiger charge is 2.20. The molecule has 3 heteroatoms. The zero-order valence-corrected chi connectivity index (χ0v) is 9.74. The van der Waals surface area contributed by atoms with Crippen molar-refractivity contribution >= 4 is 11.6 Å². The number of anilines is 1. The summed E-state index contributed by atoms with van der Waals surface area (Å²) in [7, 11) is 0. The second kappa shape index (κ2) is 5.01. The molecule has 0 spiro atoms. The molecule has 0 unspecified atom stereocenters. The van der Waals surface area contributed by atoms with Gasteiger partial charge in [-0.1, -0.05) is 19.1 Å². The van der Waals surface area contributed by atoms with Crippen LogP contribution in [0.5, 0.6) is 0 Å². The second-order valence-electron chi connectivity index (χ2n) is 4.35. The van der Waals surface area contributed by atoms with Crippen LogP contribution in [0.4, 0.5) is 5.69 Å². The molecule has 1 aliphatic carbocycles. The van der Waals surface area contributed by atoms with Crippen molar-refractivity contribution in [1.82, 2.24) is 0 Å². The van der Waals surface area contributed by atoms with Crippen molar-refractivity contribution < 1.29 is 0 Å². The summed E-state index contributed by atoms with van der Waals surface area (Å²) in [5.74, 6) is 1.31. The highest BCUT2D eigenvalue weighted by Crippen LogP contribution is 2.28. The standard InChI is InChI=1S/C13H19N3/c1-2-10-4-3-5-12(8-10)16-13(14)15-9-11-6-7-11/h3-5,8,11H,2,6-7,9H2,1H3,(H3,14,15,16). The third-order valence-electron chi connectivity index (χ3n) is 2.82. The summed E-state index contributed by atoms with van der Waals surface area (Å²) in [4.78, 5) is 4.32. The highest BCUT2D eigenvalue weighted by molar-refractivity contribution is 5.92. The summed E-state index contributed by atoms with van der Waals surface area (Å²) >= 11 is 0. The molecule has 1 aliphatic rings. The van der Waals surface area contributed by atoms with Gasteiger partial charge in [-0.3, -0.25) is 4.99 Å². The van der Waals surface area contributed by atoms with Crippen molar-refractivity contribution in [1.29, 1.82) is 0 Å². The van der Waals surface area contributed by atoms with Crippen molar-refractivity contribution in [3.05, 3.63) is 29.8 Å². The Morgan fingerprint density at radius 3 is 3.00 bits per heavy atom. The number of hydrogen-bond acceptors (Lipinski definition) is 1. The number of guanidine groups is 1. The van der Waals surface area contributed by atoms with Crippen LogP contribution in [0.25, 0.3) is 0 Å². The number of rotatable bonds is 4. The normalized spacial score (nSPS) is 16.2. The smallest absolute Gasteiger partial charge is 0.193 e. The number of nitrogens with zero attached hydrogens (tertiary/aromatic N) is 1. The molecule has 1 saturated carbocycles. The van der Waals surface area contributed by atoms with Gasteiger partial charge in [-0.15, -0.1) is 0 Å². The van der Waals surface area contributed by atoms with Gasteiger partial charge in [-0.2, -0.15) is 0 Å². The van der Waals surface area contributed by atoms with E-state index in [9.17, 15) is 0 Å². The number of aryl methyl sites for hydroxylation is 1. The molecule has 3 nitrogen and oxygen atoms in total. The van der Waals surface area contributed by atoms with E-state index in [0.717, 1.165) is 24.6 Å². The van der Waals surface area contributed by atoms with E-state index in [4.69, 9.17) is 5.73 Å². The third kappa shape index (κ3) is 3.26. The lowest BCUT2D eigenvalue weighted by Gasteiger charge is -2.06. The molecule has 0 bridgehead atoms. The van der Waals surface area contributed by atoms with E-state index in [0.29, 0.717) is 5.96 Å². The topological polar surface area (TPSA) is 50.4 Å². The largest absolute Gasteiger partial charge is 0.370 e. The number of aliphatic imine (C=N–C) groups is 1. The summed E-state index contributed by atoms with van der Waals surface area (Å²) in [5, 5.41) is 3.13. The first-order valence-corrected chi connectivity index (χ1v) is 5.94. The van der Waals surface area contributed by atoms with Crippen molar-refractivity contribution in [3.63, 3.8) is 0 Å². The second-order valence-corrected chi connectivity index (χ2v) is 4.35. The van der Waals surface area contributed by atoms with Gasteiger partial charge in [0.1, 0.15) is 0 Å². The fraction of sp³-hybridized carbons (Fsp3) is 0.462. The van der Waals surface area contributed by atoms with Crippen LogP contribution in [0.15, 0.2) is 29.3 Å². The number of nitrogens with one attached hydrogen (secondary N) is 1. The molecule has 1 fully saturated rings. The summed E-state index contributed by atoms with van der Waals surface area (Å²) in [6.45, 7) is 3.01. The minimum Gasteiger partial charge on any atom is -0.370 e. The monoisotopic (exact) mass is 217 g/mol. The fourth-order valence-electron chi connectivity index (χ4n) is 1.58. The summed E-state index contributed by atoms with van der Waals surface area (Å²) in [5.41, 5.74) is 8.14. The van der Waals surface area contributed by atoms with Crippen molar-refractivity contribution in [2.24, 2.45) is 16.6 Å². The van der Waals surface area contributed by atoms with Gasteiger partial charge in [0, 0.05) is 12.2 Å². The maximum atomic E-state index is 5.81. The molecule has 16 heavy (non-hydrogen) atoms.